The summed E-state index contributed by atoms with van der Waals surface area (Å²) in [5.74, 6) is -1.75. The maximum absolute atomic E-state index is 14.8. The molecule has 2 aliphatic carbocycles. The van der Waals surface area contributed by atoms with E-state index in [1.165, 1.54) is 29.5 Å². The average molecular weight is 547 g/mol. The van der Waals surface area contributed by atoms with Crippen molar-refractivity contribution in [2.75, 3.05) is 0 Å². The lowest BCUT2D eigenvalue weighted by Crippen LogP contribution is -2.58. The molecule has 1 N–H and O–H groups in total. The lowest BCUT2D eigenvalue weighted by molar-refractivity contribution is -0.131. The maximum Gasteiger partial charge on any atom is 0.287 e. The first-order chi connectivity index (χ1) is 19.1. The predicted molar refractivity (Wildman–Crippen MR) is 140 cm³/mol. The molecular formula is C30H25F3N4O3. The largest absolute Gasteiger partial charge is 0.451 e. The van der Waals surface area contributed by atoms with Crippen molar-refractivity contribution in [3.05, 3.63) is 66.7 Å². The van der Waals surface area contributed by atoms with E-state index in [4.69, 9.17) is 10.8 Å². The Labute approximate surface area is 227 Å². The molecule has 0 saturated heterocycles. The monoisotopic (exact) mass is 546 g/mol. The summed E-state index contributed by atoms with van der Waals surface area (Å²) in [6.45, 7) is 0. The molecule has 204 valence electrons. The van der Waals surface area contributed by atoms with Crippen LogP contribution in [0, 0.1) is 23.6 Å². The number of Topliss-reactive ketones (excluding diaryl/α,β-unsaturated/α-hetero) is 1. The molecule has 40 heavy (non-hydrogen) atoms. The summed E-state index contributed by atoms with van der Waals surface area (Å²) in [4.78, 5) is 30.5. The Bertz CT molecular complexity index is 1660. The number of carbonyl (C=O) groups is 2. The number of nitrogens with one attached hydrogen (secondary N) is 1. The summed E-state index contributed by atoms with van der Waals surface area (Å²) in [6, 6.07) is 11.4. The first kappa shape index (κ1) is 25.9. The minimum Gasteiger partial charge on any atom is -0.451 e. The van der Waals surface area contributed by atoms with E-state index < -0.39 is 41.4 Å². The van der Waals surface area contributed by atoms with Gasteiger partial charge in [-0.1, -0.05) is 24.1 Å². The molecular weight excluding hydrogens is 521 g/mol. The van der Waals surface area contributed by atoms with Gasteiger partial charge in [-0.2, -0.15) is 5.10 Å². The summed E-state index contributed by atoms with van der Waals surface area (Å²) in [5, 5.41) is 7.31. The number of alkyl halides is 2. The van der Waals surface area contributed by atoms with Crippen LogP contribution in [0.15, 0.2) is 59.5 Å². The van der Waals surface area contributed by atoms with E-state index >= 15 is 0 Å². The summed E-state index contributed by atoms with van der Waals surface area (Å²) in [6.07, 6.45) is 8.42. The van der Waals surface area contributed by atoms with E-state index in [2.05, 4.69) is 21.3 Å². The van der Waals surface area contributed by atoms with Gasteiger partial charge in [0.2, 0.25) is 5.92 Å². The van der Waals surface area contributed by atoms with Crippen molar-refractivity contribution in [1.29, 1.82) is 0 Å². The molecule has 6 rings (SSSR count). The number of terminal acetylenes is 1. The highest BCUT2D eigenvalue weighted by atomic mass is 19.3. The number of rotatable bonds is 7. The molecule has 2 heterocycles. The fourth-order valence-electron chi connectivity index (χ4n) is 5.32. The highest BCUT2D eigenvalue weighted by Gasteiger charge is 2.52. The number of nitrogens with zero attached hydrogens (tertiary/aromatic N) is 3. The molecule has 2 fully saturated rings. The van der Waals surface area contributed by atoms with Gasteiger partial charge in [-0.25, -0.2) is 22.8 Å². The lowest BCUT2D eigenvalue weighted by atomic mass is 9.74. The predicted octanol–water partition coefficient (Wildman–Crippen LogP) is 5.87. The third kappa shape index (κ3) is 4.76. The Morgan fingerprint density at radius 1 is 1.02 bits per heavy atom. The number of amides is 1. The molecule has 2 aliphatic rings. The third-order valence-corrected chi connectivity index (χ3v) is 8.07. The van der Waals surface area contributed by atoms with Crippen LogP contribution in [-0.4, -0.2) is 37.9 Å². The van der Waals surface area contributed by atoms with Crippen molar-refractivity contribution in [3.63, 3.8) is 0 Å². The average Bonchev–Trinajstić information content (AvgIpc) is 3.31. The van der Waals surface area contributed by atoms with Crippen LogP contribution in [0.3, 0.4) is 0 Å². The van der Waals surface area contributed by atoms with Gasteiger partial charge in [-0.05, 0) is 61.1 Å². The second kappa shape index (κ2) is 9.37. The van der Waals surface area contributed by atoms with Gasteiger partial charge in [0.05, 0.1) is 5.54 Å². The van der Waals surface area contributed by atoms with Crippen LogP contribution < -0.4 is 5.32 Å². The molecule has 2 saturated carbocycles. The Morgan fingerprint density at radius 2 is 1.75 bits per heavy atom. The van der Waals surface area contributed by atoms with Crippen LogP contribution in [0.5, 0.6) is 0 Å². The van der Waals surface area contributed by atoms with Gasteiger partial charge in [-0.15, -0.1) is 6.42 Å². The zero-order valence-electron chi connectivity index (χ0n) is 21.4. The van der Waals surface area contributed by atoms with E-state index in [0.717, 1.165) is 0 Å². The Balaban J connectivity index is 1.25. The topological polar surface area (TPSA) is 90.0 Å². The molecule has 4 aromatic rings. The van der Waals surface area contributed by atoms with Crippen LogP contribution in [0.4, 0.5) is 13.2 Å². The summed E-state index contributed by atoms with van der Waals surface area (Å²) < 4.78 is 50.0. The zero-order chi connectivity index (χ0) is 28.1. The van der Waals surface area contributed by atoms with E-state index in [1.54, 1.807) is 30.3 Å². The van der Waals surface area contributed by atoms with Gasteiger partial charge in [0, 0.05) is 30.1 Å². The summed E-state index contributed by atoms with van der Waals surface area (Å²) in [5.41, 5.74) is -0.110. The first-order valence-electron chi connectivity index (χ1n) is 13.0. The minimum atomic E-state index is -2.89. The normalized spacial score (nSPS) is 18.6. The van der Waals surface area contributed by atoms with Crippen molar-refractivity contribution < 1.29 is 27.2 Å². The standard InChI is InChI=1S/C30H25F3N4O3/c1-2-28(7-8-28)16-26(38)29(9-11-30(32,33)12-10-29)36-27(39)25-15-21-4-3-20(14-24(21)40-25)19-5-6-23(22(31)13-19)37-18-34-17-35-37/h1,3-6,13-15,17-18H,7-12,16H2,(H,36,39). The molecule has 0 unspecified atom stereocenters. The first-order valence-corrected chi connectivity index (χ1v) is 13.0. The second-order valence-corrected chi connectivity index (χ2v) is 10.8. The number of fused-ring (bicyclic) bond motifs is 1. The second-order valence-electron chi connectivity index (χ2n) is 10.8. The van der Waals surface area contributed by atoms with Crippen LogP contribution in [-0.2, 0) is 4.79 Å². The number of ketones is 1. The zero-order valence-corrected chi connectivity index (χ0v) is 21.4. The SMILES string of the molecule is C#CC1(CC(=O)C2(NC(=O)c3cc4ccc(-c5ccc(-n6cncn6)c(F)c5)cc4o3)CCC(F)(F)CC2)CC1. The highest BCUT2D eigenvalue weighted by Crippen LogP contribution is 2.50. The summed E-state index contributed by atoms with van der Waals surface area (Å²) >= 11 is 0. The Hall–Kier alpha value is -4.39. The van der Waals surface area contributed by atoms with Crippen LogP contribution in [0.2, 0.25) is 0 Å². The van der Waals surface area contributed by atoms with Crippen molar-refractivity contribution in [2.24, 2.45) is 5.41 Å². The molecule has 0 atom stereocenters. The van der Waals surface area contributed by atoms with E-state index in [9.17, 15) is 22.8 Å². The number of carbonyl (C=O) groups excluding carboxylic acids is 2. The third-order valence-electron chi connectivity index (χ3n) is 8.07. The molecule has 0 bridgehead atoms. The molecule has 0 aliphatic heterocycles. The molecule has 1 amide bonds. The molecule has 0 radical (unpaired) electrons. The van der Waals surface area contributed by atoms with Crippen LogP contribution in [0.25, 0.3) is 27.8 Å². The Morgan fingerprint density at radius 3 is 2.40 bits per heavy atom. The van der Waals surface area contributed by atoms with Gasteiger partial charge in [-0.3, -0.25) is 9.59 Å². The quantitative estimate of drug-likeness (QED) is 0.293. The van der Waals surface area contributed by atoms with Crippen LogP contribution >= 0.6 is 0 Å². The highest BCUT2D eigenvalue weighted by molar-refractivity contribution is 6.01. The van der Waals surface area contributed by atoms with Crippen LogP contribution in [0.1, 0.15) is 55.5 Å². The van der Waals surface area contributed by atoms with Gasteiger partial charge >= 0.3 is 0 Å². The number of furan rings is 1. The van der Waals surface area contributed by atoms with Crippen molar-refractivity contribution in [3.8, 4) is 29.2 Å². The molecule has 0 spiro atoms. The van der Waals surface area contributed by atoms with Crippen molar-refractivity contribution >= 4 is 22.7 Å². The molecule has 2 aromatic heterocycles. The molecule has 10 heteroatoms. The van der Waals surface area contributed by atoms with Gasteiger partial charge in [0.25, 0.3) is 5.91 Å². The minimum absolute atomic E-state index is 0.0467. The lowest BCUT2D eigenvalue weighted by Gasteiger charge is -2.39. The van der Waals surface area contributed by atoms with Crippen molar-refractivity contribution in [2.45, 2.75) is 56.4 Å². The van der Waals surface area contributed by atoms with Gasteiger partial charge in [0.1, 0.15) is 29.7 Å². The van der Waals surface area contributed by atoms with E-state index in [-0.39, 0.29) is 36.5 Å². The smallest absolute Gasteiger partial charge is 0.287 e. The molecule has 7 nitrogen and oxygen atoms in total. The fraction of sp³-hybridized carbons (Fsp3) is 0.333. The number of hydrogen-bond donors (Lipinski definition) is 1. The summed E-state index contributed by atoms with van der Waals surface area (Å²) in [7, 11) is 0. The number of benzene rings is 2. The number of halogens is 3. The number of hydrogen-bond acceptors (Lipinski definition) is 5. The van der Waals surface area contributed by atoms with Gasteiger partial charge < -0.3 is 9.73 Å². The van der Waals surface area contributed by atoms with Crippen molar-refractivity contribution in [1.82, 2.24) is 20.1 Å². The van der Waals surface area contributed by atoms with E-state index in [1.807, 2.05) is 0 Å². The molecule has 2 aromatic carbocycles. The maximum atomic E-state index is 14.8. The van der Waals surface area contributed by atoms with Gasteiger partial charge in [0.15, 0.2) is 11.5 Å². The fourth-order valence-corrected chi connectivity index (χ4v) is 5.32. The number of aromatic nitrogens is 3. The van der Waals surface area contributed by atoms with E-state index in [0.29, 0.717) is 34.9 Å². The Kier molecular flexibility index (Phi) is 6.06.